The second kappa shape index (κ2) is 10.9. The monoisotopic (exact) mass is 420 g/mol. The molecule has 3 rings (SSSR count). The highest BCUT2D eigenvalue weighted by molar-refractivity contribution is 5.96. The van der Waals surface area contributed by atoms with Crippen molar-refractivity contribution in [3.63, 3.8) is 0 Å². The first kappa shape index (κ1) is 22.0. The molecule has 31 heavy (non-hydrogen) atoms. The maximum Gasteiger partial charge on any atom is 0.254 e. The van der Waals surface area contributed by atoms with E-state index in [0.717, 1.165) is 11.1 Å². The van der Waals surface area contributed by atoms with Crippen LogP contribution >= 0.6 is 0 Å². The van der Waals surface area contributed by atoms with Gasteiger partial charge in [0.15, 0.2) is 0 Å². The number of likely N-dealkylation sites (N-methyl/N-ethyl adjacent to an activating group) is 1. The molecular weight excluding hydrogens is 395 g/mol. The van der Waals surface area contributed by atoms with Gasteiger partial charge in [0.2, 0.25) is 5.91 Å². The summed E-state index contributed by atoms with van der Waals surface area (Å²) in [5.41, 5.74) is 2.28. The number of hydrogen-bond acceptors (Lipinski definition) is 3. The summed E-state index contributed by atoms with van der Waals surface area (Å²) in [7, 11) is 0. The highest BCUT2D eigenvalue weighted by Crippen LogP contribution is 2.17. The lowest BCUT2D eigenvalue weighted by atomic mass is 10.2. The molecule has 3 aromatic rings. The normalized spacial score (nSPS) is 10.4. The average molecular weight is 420 g/mol. The lowest BCUT2D eigenvalue weighted by Crippen LogP contribution is -2.40. The Bertz CT molecular complexity index is 1010. The molecule has 0 atom stereocenters. The SMILES string of the molecule is CCN(CC(=O)NCc1ccc(F)cc1)C(=O)c1cccc(OCc2ccccc2)c1. The molecule has 0 heterocycles. The summed E-state index contributed by atoms with van der Waals surface area (Å²) in [6.45, 7) is 2.82. The maximum atomic E-state index is 13.0. The first-order valence-corrected chi connectivity index (χ1v) is 10.1. The number of benzene rings is 3. The van der Waals surface area contributed by atoms with Crippen LogP contribution in [0.15, 0.2) is 78.9 Å². The van der Waals surface area contributed by atoms with E-state index in [4.69, 9.17) is 4.74 Å². The second-order valence-electron chi connectivity index (χ2n) is 7.02. The molecule has 160 valence electrons. The van der Waals surface area contributed by atoms with E-state index in [1.807, 2.05) is 37.3 Å². The summed E-state index contributed by atoms with van der Waals surface area (Å²) in [6, 6.07) is 22.6. The number of halogens is 1. The second-order valence-corrected chi connectivity index (χ2v) is 7.02. The summed E-state index contributed by atoms with van der Waals surface area (Å²) >= 11 is 0. The molecule has 0 aliphatic heterocycles. The summed E-state index contributed by atoms with van der Waals surface area (Å²) in [5, 5.41) is 2.76. The Morgan fingerprint density at radius 3 is 2.39 bits per heavy atom. The molecule has 0 aromatic heterocycles. The van der Waals surface area contributed by atoms with Gasteiger partial charge in [0.25, 0.3) is 5.91 Å². The van der Waals surface area contributed by atoms with Gasteiger partial charge in [0.05, 0.1) is 6.54 Å². The van der Waals surface area contributed by atoms with Gasteiger partial charge in [0.1, 0.15) is 18.2 Å². The van der Waals surface area contributed by atoms with Crippen LogP contribution in [0.2, 0.25) is 0 Å². The minimum Gasteiger partial charge on any atom is -0.489 e. The fourth-order valence-electron chi connectivity index (χ4n) is 3.00. The van der Waals surface area contributed by atoms with E-state index in [-0.39, 0.29) is 30.7 Å². The van der Waals surface area contributed by atoms with Crippen LogP contribution in [0.1, 0.15) is 28.4 Å². The summed E-state index contributed by atoms with van der Waals surface area (Å²) in [5.74, 6) is -0.264. The van der Waals surface area contributed by atoms with Crippen LogP contribution in [0.3, 0.4) is 0 Å². The van der Waals surface area contributed by atoms with Crippen LogP contribution in [0.25, 0.3) is 0 Å². The number of hydrogen-bond donors (Lipinski definition) is 1. The third-order valence-electron chi connectivity index (χ3n) is 4.74. The molecule has 0 fully saturated rings. The molecule has 0 radical (unpaired) electrons. The quantitative estimate of drug-likeness (QED) is 0.565. The third kappa shape index (κ3) is 6.67. The van der Waals surface area contributed by atoms with E-state index in [1.165, 1.54) is 17.0 Å². The molecule has 0 unspecified atom stereocenters. The highest BCUT2D eigenvalue weighted by atomic mass is 19.1. The van der Waals surface area contributed by atoms with Crippen LogP contribution in [0.4, 0.5) is 4.39 Å². The number of amides is 2. The Kier molecular flexibility index (Phi) is 7.76. The summed E-state index contributed by atoms with van der Waals surface area (Å²) in [4.78, 5) is 26.7. The van der Waals surface area contributed by atoms with Gasteiger partial charge in [-0.3, -0.25) is 9.59 Å². The number of nitrogens with zero attached hydrogens (tertiary/aromatic N) is 1. The van der Waals surface area contributed by atoms with Crippen molar-refractivity contribution < 1.29 is 18.7 Å². The zero-order chi connectivity index (χ0) is 22.1. The molecule has 0 bridgehead atoms. The van der Waals surface area contributed by atoms with Crippen molar-refractivity contribution in [3.05, 3.63) is 101 Å². The standard InChI is InChI=1S/C25H25FN2O3/c1-2-28(17-24(29)27-16-19-11-13-22(26)14-12-19)25(30)21-9-6-10-23(15-21)31-18-20-7-4-3-5-8-20/h3-15H,2,16-18H2,1H3,(H,27,29). The van der Waals surface area contributed by atoms with Gasteiger partial charge in [-0.1, -0.05) is 48.5 Å². The Balaban J connectivity index is 1.56. The largest absolute Gasteiger partial charge is 0.489 e. The minimum absolute atomic E-state index is 0.0639. The summed E-state index contributed by atoms with van der Waals surface area (Å²) in [6.07, 6.45) is 0. The van der Waals surface area contributed by atoms with Gasteiger partial charge in [-0.25, -0.2) is 4.39 Å². The van der Waals surface area contributed by atoms with Gasteiger partial charge in [-0.2, -0.15) is 0 Å². The van der Waals surface area contributed by atoms with E-state index >= 15 is 0 Å². The first-order chi connectivity index (χ1) is 15.0. The number of carbonyl (C=O) groups is 2. The number of rotatable bonds is 9. The van der Waals surface area contributed by atoms with Gasteiger partial charge >= 0.3 is 0 Å². The Morgan fingerprint density at radius 1 is 0.935 bits per heavy atom. The smallest absolute Gasteiger partial charge is 0.254 e. The minimum atomic E-state index is -0.326. The fraction of sp³-hybridized carbons (Fsp3) is 0.200. The lowest BCUT2D eigenvalue weighted by molar-refractivity contribution is -0.121. The van der Waals surface area contributed by atoms with E-state index < -0.39 is 0 Å². The van der Waals surface area contributed by atoms with Crippen LogP contribution in [-0.4, -0.2) is 29.8 Å². The number of ether oxygens (including phenoxy) is 1. The fourth-order valence-corrected chi connectivity index (χ4v) is 3.00. The Labute approximate surface area is 181 Å². The van der Waals surface area contributed by atoms with Crippen molar-refractivity contribution in [2.24, 2.45) is 0 Å². The molecule has 1 N–H and O–H groups in total. The molecular formula is C25H25FN2O3. The number of nitrogens with one attached hydrogen (secondary N) is 1. The molecule has 0 aliphatic carbocycles. The van der Waals surface area contributed by atoms with Crippen molar-refractivity contribution in [2.75, 3.05) is 13.1 Å². The molecule has 2 amide bonds. The lowest BCUT2D eigenvalue weighted by Gasteiger charge is -2.21. The molecule has 5 nitrogen and oxygen atoms in total. The first-order valence-electron chi connectivity index (χ1n) is 10.1. The van der Waals surface area contributed by atoms with E-state index in [0.29, 0.717) is 24.5 Å². The zero-order valence-corrected chi connectivity index (χ0v) is 17.4. The predicted molar refractivity (Wildman–Crippen MR) is 117 cm³/mol. The third-order valence-corrected chi connectivity index (χ3v) is 4.74. The Hall–Kier alpha value is -3.67. The summed E-state index contributed by atoms with van der Waals surface area (Å²) < 4.78 is 18.8. The predicted octanol–water partition coefficient (Wildman–Crippen LogP) is 4.18. The van der Waals surface area contributed by atoms with Crippen LogP contribution in [0.5, 0.6) is 5.75 Å². The maximum absolute atomic E-state index is 13.0. The van der Waals surface area contributed by atoms with Crippen LogP contribution in [-0.2, 0) is 17.9 Å². The van der Waals surface area contributed by atoms with Crippen molar-refractivity contribution in [1.82, 2.24) is 10.2 Å². The van der Waals surface area contributed by atoms with Crippen molar-refractivity contribution >= 4 is 11.8 Å². The highest BCUT2D eigenvalue weighted by Gasteiger charge is 2.18. The molecule has 0 aliphatic rings. The van der Waals surface area contributed by atoms with Crippen molar-refractivity contribution in [1.29, 1.82) is 0 Å². The Morgan fingerprint density at radius 2 is 1.68 bits per heavy atom. The molecule has 0 spiro atoms. The van der Waals surface area contributed by atoms with E-state index in [1.54, 1.807) is 36.4 Å². The van der Waals surface area contributed by atoms with Gasteiger partial charge in [-0.05, 0) is 48.4 Å². The zero-order valence-electron chi connectivity index (χ0n) is 17.4. The molecule has 3 aromatic carbocycles. The van der Waals surface area contributed by atoms with E-state index in [9.17, 15) is 14.0 Å². The topological polar surface area (TPSA) is 58.6 Å². The van der Waals surface area contributed by atoms with Gasteiger partial charge < -0.3 is 15.0 Å². The molecule has 0 saturated carbocycles. The molecule has 0 saturated heterocycles. The van der Waals surface area contributed by atoms with Crippen LogP contribution in [0, 0.1) is 5.82 Å². The molecule has 6 heteroatoms. The van der Waals surface area contributed by atoms with Gasteiger partial charge in [-0.15, -0.1) is 0 Å². The van der Waals surface area contributed by atoms with Gasteiger partial charge in [0, 0.05) is 18.7 Å². The number of carbonyl (C=O) groups excluding carboxylic acids is 2. The van der Waals surface area contributed by atoms with Crippen molar-refractivity contribution in [3.8, 4) is 5.75 Å². The van der Waals surface area contributed by atoms with E-state index in [2.05, 4.69) is 5.32 Å². The average Bonchev–Trinajstić information content (AvgIpc) is 2.81. The van der Waals surface area contributed by atoms with Crippen LogP contribution < -0.4 is 10.1 Å². The van der Waals surface area contributed by atoms with Crippen molar-refractivity contribution in [2.45, 2.75) is 20.1 Å².